The van der Waals surface area contributed by atoms with Crippen molar-refractivity contribution in [2.45, 2.75) is 25.9 Å². The molecule has 1 aromatic carbocycles. The second kappa shape index (κ2) is 5.23. The topological polar surface area (TPSA) is 33.1 Å². The van der Waals surface area contributed by atoms with Gasteiger partial charge in [0.1, 0.15) is 0 Å². The third kappa shape index (κ3) is 3.15. The van der Waals surface area contributed by atoms with Crippen molar-refractivity contribution in [2.75, 3.05) is 0 Å². The molecule has 0 amide bonds. The minimum absolute atomic E-state index is 0.313. The summed E-state index contributed by atoms with van der Waals surface area (Å²) in [6.07, 6.45) is 1.21. The van der Waals surface area contributed by atoms with E-state index in [2.05, 4.69) is 17.1 Å². The fraction of sp³-hybridized carbons (Fsp3) is 0.308. The Balaban J connectivity index is 2.03. The van der Waals surface area contributed by atoms with Gasteiger partial charge in [-0.25, -0.2) is 4.98 Å². The van der Waals surface area contributed by atoms with E-state index in [1.807, 2.05) is 23.6 Å². The van der Waals surface area contributed by atoms with Crippen molar-refractivity contribution in [1.29, 1.82) is 0 Å². The molecule has 0 saturated heterocycles. The standard InChI is InChI=1S/C13H15NOS/c1-10(15)7-12-9-16-13(14-12)8-11-5-3-2-4-6-11/h2-6,9-10,15H,7-8H2,1H3. The monoisotopic (exact) mass is 233 g/mol. The van der Waals surface area contributed by atoms with E-state index < -0.39 is 0 Å². The zero-order chi connectivity index (χ0) is 11.4. The van der Waals surface area contributed by atoms with E-state index in [4.69, 9.17) is 0 Å². The molecule has 2 nitrogen and oxygen atoms in total. The van der Waals surface area contributed by atoms with Crippen LogP contribution in [0.3, 0.4) is 0 Å². The molecule has 2 rings (SSSR count). The predicted molar refractivity (Wildman–Crippen MR) is 66.7 cm³/mol. The van der Waals surface area contributed by atoms with Crippen molar-refractivity contribution < 1.29 is 5.11 Å². The number of nitrogens with zero attached hydrogens (tertiary/aromatic N) is 1. The molecule has 1 unspecified atom stereocenters. The lowest BCUT2D eigenvalue weighted by Crippen LogP contribution is -2.04. The average Bonchev–Trinajstić information content (AvgIpc) is 2.66. The van der Waals surface area contributed by atoms with E-state index >= 15 is 0 Å². The largest absolute Gasteiger partial charge is 0.393 e. The highest BCUT2D eigenvalue weighted by molar-refractivity contribution is 7.09. The van der Waals surface area contributed by atoms with Crippen LogP contribution < -0.4 is 0 Å². The summed E-state index contributed by atoms with van der Waals surface area (Å²) < 4.78 is 0. The Morgan fingerprint density at radius 2 is 2.06 bits per heavy atom. The lowest BCUT2D eigenvalue weighted by Gasteiger charge is -1.99. The van der Waals surface area contributed by atoms with Gasteiger partial charge >= 0.3 is 0 Å². The number of benzene rings is 1. The molecule has 16 heavy (non-hydrogen) atoms. The third-order valence-corrected chi connectivity index (χ3v) is 3.20. The fourth-order valence-electron chi connectivity index (χ4n) is 1.60. The van der Waals surface area contributed by atoms with Gasteiger partial charge in [-0.05, 0) is 12.5 Å². The molecule has 0 aliphatic rings. The second-order valence-corrected chi connectivity index (χ2v) is 4.89. The highest BCUT2D eigenvalue weighted by atomic mass is 32.1. The molecule has 1 N–H and O–H groups in total. The van der Waals surface area contributed by atoms with Gasteiger partial charge in [-0.1, -0.05) is 30.3 Å². The summed E-state index contributed by atoms with van der Waals surface area (Å²) in [5.74, 6) is 0. The molecule has 0 fully saturated rings. The van der Waals surface area contributed by atoms with Gasteiger partial charge in [-0.2, -0.15) is 0 Å². The number of aliphatic hydroxyl groups excluding tert-OH is 1. The summed E-state index contributed by atoms with van der Waals surface area (Å²) in [5.41, 5.74) is 2.27. The van der Waals surface area contributed by atoms with Crippen LogP contribution in [0.1, 0.15) is 23.2 Å². The third-order valence-electron chi connectivity index (χ3n) is 2.30. The van der Waals surface area contributed by atoms with Crippen molar-refractivity contribution in [3.05, 3.63) is 52.0 Å². The van der Waals surface area contributed by atoms with Gasteiger partial charge in [0.2, 0.25) is 0 Å². The van der Waals surface area contributed by atoms with Crippen LogP contribution in [0, 0.1) is 0 Å². The molecule has 0 radical (unpaired) electrons. The Bertz CT molecular complexity index is 436. The highest BCUT2D eigenvalue weighted by Gasteiger charge is 2.05. The minimum atomic E-state index is -0.313. The summed E-state index contributed by atoms with van der Waals surface area (Å²) in [6.45, 7) is 1.79. The quantitative estimate of drug-likeness (QED) is 0.880. The molecule has 1 aromatic heterocycles. The number of hydrogen-bond acceptors (Lipinski definition) is 3. The van der Waals surface area contributed by atoms with Gasteiger partial charge in [0.25, 0.3) is 0 Å². The summed E-state index contributed by atoms with van der Waals surface area (Å²) >= 11 is 1.66. The van der Waals surface area contributed by atoms with Gasteiger partial charge in [-0.15, -0.1) is 11.3 Å². The van der Waals surface area contributed by atoms with Crippen molar-refractivity contribution in [1.82, 2.24) is 4.98 Å². The summed E-state index contributed by atoms with van der Waals surface area (Å²) in [4.78, 5) is 4.50. The van der Waals surface area contributed by atoms with E-state index in [9.17, 15) is 5.11 Å². The molecule has 0 bridgehead atoms. The fourth-order valence-corrected chi connectivity index (χ4v) is 2.44. The Kier molecular flexibility index (Phi) is 3.70. The smallest absolute Gasteiger partial charge is 0.0972 e. The summed E-state index contributed by atoms with van der Waals surface area (Å²) in [5, 5.41) is 12.4. The van der Waals surface area contributed by atoms with Crippen LogP contribution in [-0.2, 0) is 12.8 Å². The molecule has 84 valence electrons. The number of aliphatic hydroxyl groups is 1. The zero-order valence-electron chi connectivity index (χ0n) is 9.26. The summed E-state index contributed by atoms with van der Waals surface area (Å²) in [7, 11) is 0. The minimum Gasteiger partial charge on any atom is -0.393 e. The van der Waals surface area contributed by atoms with Gasteiger partial charge in [0, 0.05) is 18.2 Å². The van der Waals surface area contributed by atoms with Crippen LogP contribution in [0.25, 0.3) is 0 Å². The molecule has 0 aliphatic heterocycles. The normalized spacial score (nSPS) is 12.6. The molecule has 3 heteroatoms. The van der Waals surface area contributed by atoms with Crippen molar-refractivity contribution in [2.24, 2.45) is 0 Å². The maximum atomic E-state index is 9.27. The SMILES string of the molecule is CC(O)Cc1csc(Cc2ccccc2)n1. The number of thiazole rings is 1. The number of rotatable bonds is 4. The maximum Gasteiger partial charge on any atom is 0.0972 e. The maximum absolute atomic E-state index is 9.27. The van der Waals surface area contributed by atoms with Crippen LogP contribution in [0.15, 0.2) is 35.7 Å². The van der Waals surface area contributed by atoms with E-state index in [0.29, 0.717) is 6.42 Å². The van der Waals surface area contributed by atoms with Crippen molar-refractivity contribution in [3.63, 3.8) is 0 Å². The lowest BCUT2D eigenvalue weighted by molar-refractivity contribution is 0.194. The first-order valence-electron chi connectivity index (χ1n) is 5.39. The molecule has 1 atom stereocenters. The molecule has 0 spiro atoms. The van der Waals surface area contributed by atoms with Crippen LogP contribution >= 0.6 is 11.3 Å². The zero-order valence-corrected chi connectivity index (χ0v) is 10.1. The van der Waals surface area contributed by atoms with E-state index in [1.54, 1.807) is 18.3 Å². The van der Waals surface area contributed by atoms with Crippen LogP contribution in [0.4, 0.5) is 0 Å². The number of aromatic nitrogens is 1. The van der Waals surface area contributed by atoms with E-state index in [1.165, 1.54) is 5.56 Å². The Hall–Kier alpha value is -1.19. The predicted octanol–water partition coefficient (Wildman–Crippen LogP) is 2.66. The molecule has 0 saturated carbocycles. The van der Waals surface area contributed by atoms with Crippen LogP contribution in [-0.4, -0.2) is 16.2 Å². The van der Waals surface area contributed by atoms with Gasteiger partial charge in [0.15, 0.2) is 0 Å². The Labute approximate surface area is 99.6 Å². The molecular weight excluding hydrogens is 218 g/mol. The van der Waals surface area contributed by atoms with E-state index in [-0.39, 0.29) is 6.10 Å². The first kappa shape index (κ1) is 11.3. The van der Waals surface area contributed by atoms with Gasteiger partial charge in [0.05, 0.1) is 16.8 Å². The molecular formula is C13H15NOS. The Morgan fingerprint density at radius 3 is 2.75 bits per heavy atom. The van der Waals surface area contributed by atoms with Crippen LogP contribution in [0.2, 0.25) is 0 Å². The lowest BCUT2D eigenvalue weighted by atomic mass is 10.2. The average molecular weight is 233 g/mol. The molecule has 2 aromatic rings. The van der Waals surface area contributed by atoms with Crippen molar-refractivity contribution >= 4 is 11.3 Å². The molecule has 1 heterocycles. The first-order chi connectivity index (χ1) is 7.74. The van der Waals surface area contributed by atoms with E-state index in [0.717, 1.165) is 17.1 Å². The number of hydrogen-bond donors (Lipinski definition) is 1. The molecule has 0 aliphatic carbocycles. The Morgan fingerprint density at radius 1 is 1.31 bits per heavy atom. The highest BCUT2D eigenvalue weighted by Crippen LogP contribution is 2.15. The van der Waals surface area contributed by atoms with Gasteiger partial charge < -0.3 is 5.11 Å². The van der Waals surface area contributed by atoms with Crippen molar-refractivity contribution in [3.8, 4) is 0 Å². The summed E-state index contributed by atoms with van der Waals surface area (Å²) in [6, 6.07) is 10.3. The second-order valence-electron chi connectivity index (χ2n) is 3.95. The first-order valence-corrected chi connectivity index (χ1v) is 6.27. The van der Waals surface area contributed by atoms with Gasteiger partial charge in [-0.3, -0.25) is 0 Å². The van der Waals surface area contributed by atoms with Crippen LogP contribution in [0.5, 0.6) is 0 Å².